The van der Waals surface area contributed by atoms with Gasteiger partial charge in [0.15, 0.2) is 0 Å². The number of nitrogens with one attached hydrogen (secondary N) is 1. The lowest BCUT2D eigenvalue weighted by Gasteiger charge is -2.30. The quantitative estimate of drug-likeness (QED) is 0.600. The molecule has 1 aliphatic rings. The molecule has 0 aromatic heterocycles. The van der Waals surface area contributed by atoms with Gasteiger partial charge in [-0.05, 0) is 19.9 Å². The van der Waals surface area contributed by atoms with Crippen LogP contribution in [0, 0.1) is 0 Å². The summed E-state index contributed by atoms with van der Waals surface area (Å²) in [5.74, 6) is 0. The molecule has 0 aliphatic carbocycles. The molecule has 0 amide bonds. The zero-order valence-corrected chi connectivity index (χ0v) is 6.76. The van der Waals surface area contributed by atoms with Crippen LogP contribution < -0.4 is 5.43 Å². The Bertz CT molecular complexity index is 87.6. The first-order valence-corrected chi connectivity index (χ1v) is 3.82. The lowest BCUT2D eigenvalue weighted by Crippen LogP contribution is -2.45. The standard InChI is InChI=1S/C7H16N2O/c1-8-9-5-3-4-7(6-9)10-2/h7-8H,3-6H2,1-2H3/t7-/m0/s1. The lowest BCUT2D eigenvalue weighted by molar-refractivity contribution is 0.0149. The van der Waals surface area contributed by atoms with Crippen molar-refractivity contribution in [2.45, 2.75) is 18.9 Å². The third-order valence-electron chi connectivity index (χ3n) is 2.03. The monoisotopic (exact) mass is 144 g/mol. The molecule has 0 radical (unpaired) electrons. The zero-order chi connectivity index (χ0) is 7.40. The van der Waals surface area contributed by atoms with Crippen LogP contribution in [-0.2, 0) is 4.74 Å². The van der Waals surface area contributed by atoms with Gasteiger partial charge in [-0.2, -0.15) is 0 Å². The van der Waals surface area contributed by atoms with Crippen LogP contribution in [0.3, 0.4) is 0 Å². The fourth-order valence-electron chi connectivity index (χ4n) is 1.33. The first kappa shape index (κ1) is 7.98. The summed E-state index contributed by atoms with van der Waals surface area (Å²) in [7, 11) is 3.74. The van der Waals surface area contributed by atoms with E-state index in [1.54, 1.807) is 7.11 Å². The molecule has 10 heavy (non-hydrogen) atoms. The highest BCUT2D eigenvalue weighted by Crippen LogP contribution is 2.09. The highest BCUT2D eigenvalue weighted by atomic mass is 16.5. The molecule has 0 aromatic rings. The van der Waals surface area contributed by atoms with Crippen LogP contribution in [0.5, 0.6) is 0 Å². The fraction of sp³-hybridized carbons (Fsp3) is 1.00. The molecule has 0 saturated carbocycles. The number of hydrogen-bond donors (Lipinski definition) is 1. The van der Waals surface area contributed by atoms with Gasteiger partial charge in [-0.1, -0.05) is 0 Å². The summed E-state index contributed by atoms with van der Waals surface area (Å²) in [4.78, 5) is 0. The molecule has 60 valence electrons. The average Bonchev–Trinajstić information content (AvgIpc) is 2.05. The third-order valence-corrected chi connectivity index (χ3v) is 2.03. The maximum atomic E-state index is 5.24. The number of piperidine rings is 1. The van der Waals surface area contributed by atoms with E-state index in [0.29, 0.717) is 6.10 Å². The third kappa shape index (κ3) is 1.94. The maximum Gasteiger partial charge on any atom is 0.0712 e. The summed E-state index contributed by atoms with van der Waals surface area (Å²) in [6.45, 7) is 2.17. The van der Waals surface area contributed by atoms with E-state index in [-0.39, 0.29) is 0 Å². The van der Waals surface area contributed by atoms with Gasteiger partial charge < -0.3 is 4.74 Å². The van der Waals surface area contributed by atoms with E-state index in [1.807, 2.05) is 7.05 Å². The molecule has 1 rings (SSSR count). The number of nitrogens with zero attached hydrogens (tertiary/aromatic N) is 1. The molecular formula is C7H16N2O. The predicted molar refractivity (Wildman–Crippen MR) is 40.7 cm³/mol. The normalized spacial score (nSPS) is 28.8. The highest BCUT2D eigenvalue weighted by molar-refractivity contribution is 4.69. The Morgan fingerprint density at radius 1 is 1.60 bits per heavy atom. The van der Waals surface area contributed by atoms with Gasteiger partial charge in [0.25, 0.3) is 0 Å². The van der Waals surface area contributed by atoms with Crippen LogP contribution in [-0.4, -0.2) is 38.4 Å². The van der Waals surface area contributed by atoms with Crippen molar-refractivity contribution in [2.24, 2.45) is 0 Å². The molecule has 1 atom stereocenters. The molecule has 1 fully saturated rings. The smallest absolute Gasteiger partial charge is 0.0712 e. The van der Waals surface area contributed by atoms with Gasteiger partial charge in [-0.3, -0.25) is 5.43 Å². The van der Waals surface area contributed by atoms with Crippen LogP contribution in [0.1, 0.15) is 12.8 Å². The Balaban J connectivity index is 2.25. The molecule has 0 spiro atoms. The van der Waals surface area contributed by atoms with Gasteiger partial charge in [0.1, 0.15) is 0 Å². The van der Waals surface area contributed by atoms with Gasteiger partial charge in [-0.25, -0.2) is 5.01 Å². The van der Waals surface area contributed by atoms with Crippen LogP contribution in [0.2, 0.25) is 0 Å². The Morgan fingerprint density at radius 3 is 3.00 bits per heavy atom. The van der Waals surface area contributed by atoms with Gasteiger partial charge in [0.05, 0.1) is 6.10 Å². The van der Waals surface area contributed by atoms with Crippen molar-refractivity contribution in [3.05, 3.63) is 0 Å². The van der Waals surface area contributed by atoms with Crippen LogP contribution in [0.15, 0.2) is 0 Å². The zero-order valence-electron chi connectivity index (χ0n) is 6.76. The number of hydrogen-bond acceptors (Lipinski definition) is 3. The van der Waals surface area contributed by atoms with E-state index < -0.39 is 0 Å². The Morgan fingerprint density at radius 2 is 2.40 bits per heavy atom. The molecule has 0 unspecified atom stereocenters. The largest absolute Gasteiger partial charge is 0.380 e. The minimum atomic E-state index is 0.432. The molecule has 1 heterocycles. The maximum absolute atomic E-state index is 5.24. The van der Waals surface area contributed by atoms with Crippen LogP contribution in [0.25, 0.3) is 0 Å². The molecule has 0 bridgehead atoms. The van der Waals surface area contributed by atoms with Crippen molar-refractivity contribution in [1.82, 2.24) is 10.4 Å². The number of hydrazine groups is 1. The second-order valence-electron chi connectivity index (χ2n) is 2.67. The van der Waals surface area contributed by atoms with Crippen molar-refractivity contribution in [3.63, 3.8) is 0 Å². The second kappa shape index (κ2) is 3.91. The van der Waals surface area contributed by atoms with Gasteiger partial charge in [-0.15, -0.1) is 0 Å². The minimum absolute atomic E-state index is 0.432. The molecule has 1 aliphatic heterocycles. The summed E-state index contributed by atoms with van der Waals surface area (Å²) in [6.07, 6.45) is 2.87. The molecular weight excluding hydrogens is 128 g/mol. The van der Waals surface area contributed by atoms with Crippen LogP contribution in [0.4, 0.5) is 0 Å². The second-order valence-corrected chi connectivity index (χ2v) is 2.67. The predicted octanol–water partition coefficient (Wildman–Crippen LogP) is 0.232. The van der Waals surface area contributed by atoms with Crippen molar-refractivity contribution < 1.29 is 4.74 Å². The Kier molecular flexibility index (Phi) is 3.12. The molecule has 1 N–H and O–H groups in total. The Hall–Kier alpha value is -0.120. The number of methoxy groups -OCH3 is 1. The summed E-state index contributed by atoms with van der Waals surface area (Å²) in [5.41, 5.74) is 3.12. The SMILES string of the molecule is CNN1CCC[C@H](OC)C1. The van der Waals surface area contributed by atoms with Crippen molar-refractivity contribution in [3.8, 4) is 0 Å². The highest BCUT2D eigenvalue weighted by Gasteiger charge is 2.17. The molecule has 1 saturated heterocycles. The molecule has 3 nitrogen and oxygen atoms in total. The van der Waals surface area contributed by atoms with E-state index in [0.717, 1.165) is 13.1 Å². The Labute approximate surface area is 62.3 Å². The van der Waals surface area contributed by atoms with Crippen molar-refractivity contribution >= 4 is 0 Å². The van der Waals surface area contributed by atoms with E-state index in [9.17, 15) is 0 Å². The van der Waals surface area contributed by atoms with E-state index in [2.05, 4.69) is 10.4 Å². The lowest BCUT2D eigenvalue weighted by atomic mass is 10.1. The number of rotatable bonds is 2. The van der Waals surface area contributed by atoms with Crippen LogP contribution >= 0.6 is 0 Å². The first-order valence-electron chi connectivity index (χ1n) is 3.82. The average molecular weight is 144 g/mol. The van der Waals surface area contributed by atoms with Gasteiger partial charge >= 0.3 is 0 Å². The minimum Gasteiger partial charge on any atom is -0.380 e. The summed E-state index contributed by atoms with van der Waals surface area (Å²) < 4.78 is 5.24. The van der Waals surface area contributed by atoms with E-state index in [4.69, 9.17) is 4.74 Å². The fourth-order valence-corrected chi connectivity index (χ4v) is 1.33. The summed E-state index contributed by atoms with van der Waals surface area (Å²) in [6, 6.07) is 0. The molecule has 0 aromatic carbocycles. The van der Waals surface area contributed by atoms with E-state index in [1.165, 1.54) is 12.8 Å². The topological polar surface area (TPSA) is 24.5 Å². The van der Waals surface area contributed by atoms with Gasteiger partial charge in [0, 0.05) is 20.2 Å². The van der Waals surface area contributed by atoms with Crippen molar-refractivity contribution in [2.75, 3.05) is 27.2 Å². The summed E-state index contributed by atoms with van der Waals surface area (Å²) >= 11 is 0. The van der Waals surface area contributed by atoms with Gasteiger partial charge in [0.2, 0.25) is 0 Å². The van der Waals surface area contributed by atoms with E-state index >= 15 is 0 Å². The van der Waals surface area contributed by atoms with Crippen molar-refractivity contribution in [1.29, 1.82) is 0 Å². The number of ether oxygens (including phenoxy) is 1. The summed E-state index contributed by atoms with van der Waals surface area (Å²) in [5, 5.41) is 2.19. The first-order chi connectivity index (χ1) is 4.86. The molecule has 3 heteroatoms.